The van der Waals surface area contributed by atoms with Gasteiger partial charge in [-0.15, -0.1) is 5.10 Å². The number of nitrogens with zero attached hydrogens (tertiary/aromatic N) is 4. The van der Waals surface area contributed by atoms with Gasteiger partial charge in [0.15, 0.2) is 0 Å². The summed E-state index contributed by atoms with van der Waals surface area (Å²) in [7, 11) is 2.04. The molecule has 2 aromatic rings. The van der Waals surface area contributed by atoms with Gasteiger partial charge in [0.1, 0.15) is 11.3 Å². The van der Waals surface area contributed by atoms with Crippen LogP contribution < -0.4 is 5.32 Å². The Morgan fingerprint density at radius 1 is 1.30 bits per heavy atom. The second kappa shape index (κ2) is 6.45. The first-order chi connectivity index (χ1) is 10.9. The lowest BCUT2D eigenvalue weighted by Gasteiger charge is -2.32. The fraction of sp³-hybridized carbons (Fsp3) is 0.647. The van der Waals surface area contributed by atoms with E-state index in [1.807, 2.05) is 17.9 Å². The zero-order valence-corrected chi connectivity index (χ0v) is 14.2. The number of aromatic nitrogens is 4. The summed E-state index contributed by atoms with van der Waals surface area (Å²) in [6.45, 7) is 4.36. The van der Waals surface area contributed by atoms with Crippen molar-refractivity contribution in [3.05, 3.63) is 35.9 Å². The maximum absolute atomic E-state index is 10.1. The number of aliphatic hydroxyl groups is 1. The first kappa shape index (κ1) is 16.2. The van der Waals surface area contributed by atoms with Gasteiger partial charge in [-0.05, 0) is 38.3 Å². The molecule has 1 aliphatic rings. The smallest absolute Gasteiger partial charge is 0.114 e. The van der Waals surface area contributed by atoms with E-state index in [0.29, 0.717) is 17.8 Å². The van der Waals surface area contributed by atoms with Gasteiger partial charge in [0.25, 0.3) is 0 Å². The molecule has 2 N–H and O–H groups in total. The van der Waals surface area contributed by atoms with Crippen LogP contribution in [0.15, 0.2) is 24.7 Å². The molecule has 2 heterocycles. The lowest BCUT2D eigenvalue weighted by Crippen LogP contribution is -2.39. The Balaban J connectivity index is 1.69. The van der Waals surface area contributed by atoms with E-state index < -0.39 is 5.60 Å². The molecule has 3 rings (SSSR count). The molecule has 0 saturated heterocycles. The number of rotatable bonds is 5. The van der Waals surface area contributed by atoms with Crippen molar-refractivity contribution in [2.45, 2.75) is 63.8 Å². The monoisotopic (exact) mass is 317 g/mol. The first-order valence-corrected chi connectivity index (χ1v) is 8.42. The van der Waals surface area contributed by atoms with Crippen LogP contribution in [0.1, 0.15) is 56.8 Å². The minimum atomic E-state index is -0.945. The first-order valence-electron chi connectivity index (χ1n) is 8.42. The van der Waals surface area contributed by atoms with Gasteiger partial charge < -0.3 is 15.0 Å². The van der Waals surface area contributed by atoms with E-state index >= 15 is 0 Å². The molecule has 2 atom stereocenters. The third kappa shape index (κ3) is 3.82. The largest absolute Gasteiger partial charge is 0.384 e. The van der Waals surface area contributed by atoms with E-state index in [9.17, 15) is 5.11 Å². The van der Waals surface area contributed by atoms with Gasteiger partial charge in [0.2, 0.25) is 0 Å². The third-order valence-electron chi connectivity index (χ3n) is 4.67. The van der Waals surface area contributed by atoms with Gasteiger partial charge in [-0.3, -0.25) is 0 Å². The maximum Gasteiger partial charge on any atom is 0.114 e. The standard InChI is InChI=1S/C17H27N5O/c1-17(2,23)16-12-22(20-19-16)15-7-5-4-6-14(15)18-10-13-8-9-21(3)11-13/h8-9,11-12,14-15,18,23H,4-7,10H2,1-3H3/t14-,15+/m0/s1. The number of aryl methyl sites for hydroxylation is 1. The van der Waals surface area contributed by atoms with Crippen LogP contribution >= 0.6 is 0 Å². The molecule has 6 nitrogen and oxygen atoms in total. The van der Waals surface area contributed by atoms with Crippen LogP contribution in [-0.4, -0.2) is 30.7 Å². The number of hydrogen-bond donors (Lipinski definition) is 2. The highest BCUT2D eigenvalue weighted by atomic mass is 16.3. The summed E-state index contributed by atoms with van der Waals surface area (Å²) in [5.41, 5.74) is 0.984. The lowest BCUT2D eigenvalue weighted by atomic mass is 9.90. The van der Waals surface area contributed by atoms with Crippen LogP contribution in [0.2, 0.25) is 0 Å². The Morgan fingerprint density at radius 3 is 2.74 bits per heavy atom. The van der Waals surface area contributed by atoms with Crippen LogP contribution in [0, 0.1) is 0 Å². The molecular weight excluding hydrogens is 290 g/mol. The van der Waals surface area contributed by atoms with E-state index in [4.69, 9.17) is 0 Å². The molecule has 0 aromatic carbocycles. The van der Waals surface area contributed by atoms with E-state index in [2.05, 4.69) is 38.7 Å². The average molecular weight is 317 g/mol. The zero-order valence-electron chi connectivity index (χ0n) is 14.2. The molecule has 0 unspecified atom stereocenters. The summed E-state index contributed by atoms with van der Waals surface area (Å²) in [5.74, 6) is 0. The van der Waals surface area contributed by atoms with Crippen molar-refractivity contribution in [1.82, 2.24) is 24.9 Å². The van der Waals surface area contributed by atoms with Crippen LogP contribution in [0.25, 0.3) is 0 Å². The Labute approximate surface area is 137 Å². The number of nitrogens with one attached hydrogen (secondary N) is 1. The predicted octanol–water partition coefficient (Wildman–Crippen LogP) is 2.12. The highest BCUT2D eigenvalue weighted by Crippen LogP contribution is 2.29. The molecule has 0 bridgehead atoms. The topological polar surface area (TPSA) is 67.9 Å². The molecule has 126 valence electrons. The highest BCUT2D eigenvalue weighted by molar-refractivity contribution is 5.10. The molecule has 0 aliphatic heterocycles. The highest BCUT2D eigenvalue weighted by Gasteiger charge is 2.29. The summed E-state index contributed by atoms with van der Waals surface area (Å²) >= 11 is 0. The summed E-state index contributed by atoms with van der Waals surface area (Å²) in [6.07, 6.45) is 10.8. The van der Waals surface area contributed by atoms with Gasteiger partial charge >= 0.3 is 0 Å². The summed E-state index contributed by atoms with van der Waals surface area (Å²) < 4.78 is 4.01. The Bertz CT molecular complexity index is 639. The minimum absolute atomic E-state index is 0.302. The van der Waals surface area contributed by atoms with Crippen molar-refractivity contribution in [3.8, 4) is 0 Å². The molecule has 0 radical (unpaired) electrons. The van der Waals surface area contributed by atoms with Gasteiger partial charge in [-0.2, -0.15) is 0 Å². The molecule has 1 fully saturated rings. The van der Waals surface area contributed by atoms with Crippen LogP contribution in [-0.2, 0) is 19.2 Å². The van der Waals surface area contributed by atoms with Gasteiger partial charge in [0, 0.05) is 32.0 Å². The molecule has 0 spiro atoms. The van der Waals surface area contributed by atoms with Crippen molar-refractivity contribution < 1.29 is 5.11 Å². The summed E-state index contributed by atoms with van der Waals surface area (Å²) in [5, 5.41) is 22.2. The number of hydrogen-bond acceptors (Lipinski definition) is 4. The molecule has 1 aliphatic carbocycles. The van der Waals surface area contributed by atoms with Crippen molar-refractivity contribution in [3.63, 3.8) is 0 Å². The fourth-order valence-electron chi connectivity index (χ4n) is 3.30. The van der Waals surface area contributed by atoms with Gasteiger partial charge in [-0.25, -0.2) is 4.68 Å². The Kier molecular flexibility index (Phi) is 4.55. The second-order valence-corrected chi connectivity index (χ2v) is 7.17. The van der Waals surface area contributed by atoms with Crippen molar-refractivity contribution in [2.75, 3.05) is 0 Å². The van der Waals surface area contributed by atoms with Gasteiger partial charge in [0.05, 0.1) is 12.2 Å². The fourth-order valence-corrected chi connectivity index (χ4v) is 3.30. The van der Waals surface area contributed by atoms with E-state index in [-0.39, 0.29) is 0 Å². The molecular formula is C17H27N5O. The van der Waals surface area contributed by atoms with E-state index in [0.717, 1.165) is 19.4 Å². The Hall–Kier alpha value is -1.66. The van der Waals surface area contributed by atoms with Crippen LogP contribution in [0.5, 0.6) is 0 Å². The van der Waals surface area contributed by atoms with Gasteiger partial charge in [-0.1, -0.05) is 18.1 Å². The molecule has 0 amide bonds. The molecule has 6 heteroatoms. The van der Waals surface area contributed by atoms with Crippen molar-refractivity contribution >= 4 is 0 Å². The van der Waals surface area contributed by atoms with Crippen molar-refractivity contribution in [2.24, 2.45) is 7.05 Å². The van der Waals surface area contributed by atoms with Crippen LogP contribution in [0.4, 0.5) is 0 Å². The quantitative estimate of drug-likeness (QED) is 0.886. The average Bonchev–Trinajstić information content (AvgIpc) is 3.14. The predicted molar refractivity (Wildman–Crippen MR) is 88.8 cm³/mol. The van der Waals surface area contributed by atoms with Crippen LogP contribution in [0.3, 0.4) is 0 Å². The molecule has 1 saturated carbocycles. The molecule has 2 aromatic heterocycles. The maximum atomic E-state index is 10.1. The third-order valence-corrected chi connectivity index (χ3v) is 4.67. The van der Waals surface area contributed by atoms with Crippen molar-refractivity contribution in [1.29, 1.82) is 0 Å². The Morgan fingerprint density at radius 2 is 2.09 bits per heavy atom. The SMILES string of the molecule is Cn1ccc(CN[C@H]2CCCC[C@H]2n2cc(C(C)(C)O)nn2)c1. The normalized spacial score (nSPS) is 22.4. The lowest BCUT2D eigenvalue weighted by molar-refractivity contribution is 0.0736. The minimum Gasteiger partial charge on any atom is -0.384 e. The summed E-state index contributed by atoms with van der Waals surface area (Å²) in [6, 6.07) is 2.84. The second-order valence-electron chi connectivity index (χ2n) is 7.17. The summed E-state index contributed by atoms with van der Waals surface area (Å²) in [4.78, 5) is 0. The zero-order chi connectivity index (χ0) is 16.4. The van der Waals surface area contributed by atoms with E-state index in [1.54, 1.807) is 13.8 Å². The van der Waals surface area contributed by atoms with E-state index in [1.165, 1.54) is 18.4 Å². The molecule has 23 heavy (non-hydrogen) atoms.